The number of fused-ring (bicyclic) bond motifs is 1. The molecule has 0 N–H and O–H groups in total. The van der Waals surface area contributed by atoms with E-state index in [1.54, 1.807) is 0 Å². The minimum absolute atomic E-state index is 0.241. The molecule has 0 radical (unpaired) electrons. The molecule has 0 saturated heterocycles. The summed E-state index contributed by atoms with van der Waals surface area (Å²) in [6, 6.07) is 8.12. The molecule has 3 heteroatoms. The molecule has 2 rings (SSSR count). The minimum atomic E-state index is -0.564. The number of carbonyl (C=O) groups excluding carboxylic acids is 1. The number of carbonyl (C=O) groups is 1. The van der Waals surface area contributed by atoms with Crippen LogP contribution in [0.2, 0.25) is 0 Å². The maximum atomic E-state index is 11.9. The zero-order valence-electron chi connectivity index (χ0n) is 8.73. The van der Waals surface area contributed by atoms with Gasteiger partial charge in [-0.15, -0.1) is 0 Å². The number of hydrogen-bond acceptors (Lipinski definition) is 2. The summed E-state index contributed by atoms with van der Waals surface area (Å²) in [5, 5.41) is 0. The fraction of sp³-hybridized carbons (Fsp3) is 0.417. The van der Waals surface area contributed by atoms with Gasteiger partial charge in [0.15, 0.2) is 0 Å². The standard InChI is InChI=1S/C12H15IO2/c1-2-3-8-11(14)12-9-6-4-5-7-10(9)13-15-12/h4-7,12-13H,2-3,8H2,1H3. The third-order valence-electron chi connectivity index (χ3n) is 2.50. The summed E-state index contributed by atoms with van der Waals surface area (Å²) in [6.45, 7) is 2.10. The van der Waals surface area contributed by atoms with Crippen LogP contribution in [0.3, 0.4) is 0 Å². The molecule has 1 aromatic carbocycles. The van der Waals surface area contributed by atoms with Gasteiger partial charge in [0.25, 0.3) is 0 Å². The van der Waals surface area contributed by atoms with E-state index in [-0.39, 0.29) is 11.9 Å². The zero-order valence-corrected chi connectivity index (χ0v) is 11.1. The van der Waals surface area contributed by atoms with Crippen LogP contribution in [-0.2, 0) is 7.86 Å². The Hall–Kier alpha value is -0.420. The van der Waals surface area contributed by atoms with Crippen LogP contribution in [0.15, 0.2) is 24.3 Å². The van der Waals surface area contributed by atoms with Gasteiger partial charge in [0.1, 0.15) is 0 Å². The molecule has 0 spiro atoms. The summed E-state index contributed by atoms with van der Waals surface area (Å²) in [6.07, 6.45) is 2.45. The Morgan fingerprint density at radius 1 is 1.47 bits per heavy atom. The number of ketones is 1. The van der Waals surface area contributed by atoms with Gasteiger partial charge in [0, 0.05) is 0 Å². The van der Waals surface area contributed by atoms with E-state index in [0.29, 0.717) is 6.42 Å². The first-order valence-electron chi connectivity index (χ1n) is 5.28. The van der Waals surface area contributed by atoms with Gasteiger partial charge in [-0.1, -0.05) is 0 Å². The Kier molecular flexibility index (Phi) is 3.75. The van der Waals surface area contributed by atoms with Crippen molar-refractivity contribution in [1.82, 2.24) is 0 Å². The predicted molar refractivity (Wildman–Crippen MR) is 68.9 cm³/mol. The van der Waals surface area contributed by atoms with Crippen LogP contribution in [0.1, 0.15) is 37.9 Å². The SMILES string of the molecule is CCCCC(=O)C1O[IH]c2ccccc21. The van der Waals surface area contributed by atoms with E-state index in [1.165, 1.54) is 3.57 Å². The van der Waals surface area contributed by atoms with Crippen LogP contribution in [0, 0.1) is 3.57 Å². The quantitative estimate of drug-likeness (QED) is 0.796. The van der Waals surface area contributed by atoms with Crippen molar-refractivity contribution in [1.29, 1.82) is 0 Å². The van der Waals surface area contributed by atoms with Gasteiger partial charge < -0.3 is 0 Å². The van der Waals surface area contributed by atoms with Gasteiger partial charge in [0.05, 0.1) is 0 Å². The Morgan fingerprint density at radius 2 is 2.27 bits per heavy atom. The first kappa shape index (κ1) is 11.1. The fourth-order valence-electron chi connectivity index (χ4n) is 1.63. The van der Waals surface area contributed by atoms with Gasteiger partial charge in [-0.2, -0.15) is 0 Å². The molecule has 1 aliphatic rings. The number of unbranched alkanes of at least 4 members (excludes halogenated alkanes) is 1. The average molecular weight is 318 g/mol. The van der Waals surface area contributed by atoms with Gasteiger partial charge >= 0.3 is 101 Å². The van der Waals surface area contributed by atoms with Crippen molar-refractivity contribution >= 4 is 27.4 Å². The van der Waals surface area contributed by atoms with E-state index >= 15 is 0 Å². The Labute approximate surface area is 101 Å². The van der Waals surface area contributed by atoms with Crippen molar-refractivity contribution in [2.75, 3.05) is 0 Å². The molecule has 0 bridgehead atoms. The van der Waals surface area contributed by atoms with Crippen molar-refractivity contribution in [2.24, 2.45) is 0 Å². The molecule has 0 fully saturated rings. The zero-order chi connectivity index (χ0) is 10.7. The van der Waals surface area contributed by atoms with Crippen LogP contribution >= 0.6 is 21.6 Å². The van der Waals surface area contributed by atoms with E-state index in [9.17, 15) is 4.79 Å². The molecule has 0 aliphatic carbocycles. The van der Waals surface area contributed by atoms with Crippen molar-refractivity contribution in [3.05, 3.63) is 33.4 Å². The molecular weight excluding hydrogens is 303 g/mol. The second-order valence-electron chi connectivity index (χ2n) is 3.67. The van der Waals surface area contributed by atoms with Crippen LogP contribution in [-0.4, -0.2) is 5.78 Å². The van der Waals surface area contributed by atoms with E-state index in [2.05, 4.69) is 13.0 Å². The molecule has 2 nitrogen and oxygen atoms in total. The first-order chi connectivity index (χ1) is 7.33. The normalized spacial score (nSPS) is 19.4. The van der Waals surface area contributed by atoms with Crippen molar-refractivity contribution in [3.8, 4) is 0 Å². The number of benzene rings is 1. The third-order valence-corrected chi connectivity index (χ3v) is 4.90. The van der Waals surface area contributed by atoms with Crippen LogP contribution in [0.4, 0.5) is 0 Å². The second-order valence-corrected chi connectivity index (χ2v) is 5.95. The van der Waals surface area contributed by atoms with Crippen molar-refractivity contribution in [2.45, 2.75) is 32.3 Å². The number of rotatable bonds is 4. The molecule has 1 atom stereocenters. The van der Waals surface area contributed by atoms with E-state index < -0.39 is 21.6 Å². The Bertz CT molecular complexity index is 362. The summed E-state index contributed by atoms with van der Waals surface area (Å²) in [5.41, 5.74) is 1.13. The molecule has 0 saturated carbocycles. The summed E-state index contributed by atoms with van der Waals surface area (Å²) >= 11 is -0.564. The van der Waals surface area contributed by atoms with Crippen molar-refractivity contribution in [3.63, 3.8) is 0 Å². The number of Topliss-reactive ketones (excluding diaryl/α,β-unsaturated/α-hetero) is 1. The first-order valence-corrected chi connectivity index (χ1v) is 7.39. The summed E-state index contributed by atoms with van der Waals surface area (Å²) in [7, 11) is 0. The molecule has 1 aliphatic heterocycles. The van der Waals surface area contributed by atoms with E-state index in [1.807, 2.05) is 18.2 Å². The Morgan fingerprint density at radius 3 is 3.07 bits per heavy atom. The topological polar surface area (TPSA) is 26.3 Å². The molecule has 15 heavy (non-hydrogen) atoms. The maximum absolute atomic E-state index is 11.9. The fourth-order valence-corrected chi connectivity index (χ4v) is 3.96. The summed E-state index contributed by atoms with van der Waals surface area (Å²) in [4.78, 5) is 11.9. The van der Waals surface area contributed by atoms with Crippen LogP contribution < -0.4 is 0 Å². The van der Waals surface area contributed by atoms with E-state index in [0.717, 1.165) is 18.4 Å². The monoisotopic (exact) mass is 318 g/mol. The van der Waals surface area contributed by atoms with Crippen molar-refractivity contribution < 1.29 is 7.86 Å². The van der Waals surface area contributed by atoms with Gasteiger partial charge in [-0.3, -0.25) is 0 Å². The second kappa shape index (κ2) is 5.07. The predicted octanol–water partition coefficient (Wildman–Crippen LogP) is 3.30. The molecule has 1 unspecified atom stereocenters. The molecule has 0 amide bonds. The molecule has 0 aromatic heterocycles. The molecule has 1 heterocycles. The van der Waals surface area contributed by atoms with Crippen LogP contribution in [0.5, 0.6) is 0 Å². The average Bonchev–Trinajstić information content (AvgIpc) is 2.69. The third kappa shape index (κ3) is 2.39. The summed E-state index contributed by atoms with van der Waals surface area (Å²) in [5.74, 6) is 0.256. The summed E-state index contributed by atoms with van der Waals surface area (Å²) < 4.78 is 6.95. The Balaban J connectivity index is 2.10. The van der Waals surface area contributed by atoms with Crippen LogP contribution in [0.25, 0.3) is 0 Å². The van der Waals surface area contributed by atoms with Gasteiger partial charge in [-0.05, 0) is 0 Å². The number of halogens is 1. The molecule has 82 valence electrons. The van der Waals surface area contributed by atoms with E-state index in [4.69, 9.17) is 3.07 Å². The van der Waals surface area contributed by atoms with Gasteiger partial charge in [0.2, 0.25) is 0 Å². The molecule has 1 aromatic rings. The van der Waals surface area contributed by atoms with Gasteiger partial charge in [-0.25, -0.2) is 0 Å². The number of hydrogen-bond donors (Lipinski definition) is 0. The molecular formula is C12H15IO2.